The number of carbonyl (C=O) groups excluding carboxylic acids is 2. The molecule has 1 heterocycles. The number of hydrogen-bond donors (Lipinski definition) is 2. The summed E-state index contributed by atoms with van der Waals surface area (Å²) in [5.74, 6) is -0.630. The first-order valence-electron chi connectivity index (χ1n) is 8.32. The topological polar surface area (TPSA) is 92.3 Å². The van der Waals surface area contributed by atoms with Gasteiger partial charge in [-0.1, -0.05) is 18.2 Å². The summed E-state index contributed by atoms with van der Waals surface area (Å²) in [5.41, 5.74) is 2.40. The number of nitrogens with one attached hydrogen (secondary N) is 2. The summed E-state index contributed by atoms with van der Waals surface area (Å²) in [6.07, 6.45) is 0.418. The van der Waals surface area contributed by atoms with E-state index in [1.807, 2.05) is 25.1 Å². The second kappa shape index (κ2) is 7.29. The Balaban J connectivity index is 1.69. The third kappa shape index (κ3) is 4.49. The largest absolute Gasteiger partial charge is 0.348 e. The van der Waals surface area contributed by atoms with Crippen molar-refractivity contribution in [2.75, 3.05) is 16.8 Å². The lowest BCUT2D eigenvalue weighted by Crippen LogP contribution is -2.35. The number of sulfone groups is 1. The molecule has 2 aromatic rings. The van der Waals surface area contributed by atoms with Crippen molar-refractivity contribution >= 4 is 27.3 Å². The van der Waals surface area contributed by atoms with Crippen molar-refractivity contribution in [1.82, 2.24) is 5.32 Å². The number of amides is 2. The first-order chi connectivity index (χ1) is 12.3. The van der Waals surface area contributed by atoms with E-state index in [1.165, 1.54) is 6.07 Å². The maximum absolute atomic E-state index is 12.4. The first-order valence-corrected chi connectivity index (χ1v) is 10.1. The van der Waals surface area contributed by atoms with Gasteiger partial charge in [-0.3, -0.25) is 9.59 Å². The average Bonchev–Trinajstić information content (AvgIpc) is 2.93. The summed E-state index contributed by atoms with van der Waals surface area (Å²) in [6, 6.07) is 13.4. The fourth-order valence-electron chi connectivity index (χ4n) is 2.91. The Morgan fingerprint density at radius 2 is 1.69 bits per heavy atom. The molecule has 1 unspecified atom stereocenters. The predicted molar refractivity (Wildman–Crippen MR) is 100 cm³/mol. The molecule has 1 saturated heterocycles. The number of benzene rings is 2. The van der Waals surface area contributed by atoms with Gasteiger partial charge in [-0.15, -0.1) is 0 Å². The van der Waals surface area contributed by atoms with Gasteiger partial charge in [-0.05, 0) is 49.2 Å². The van der Waals surface area contributed by atoms with Crippen molar-refractivity contribution in [3.8, 4) is 0 Å². The number of anilines is 1. The van der Waals surface area contributed by atoms with Crippen molar-refractivity contribution in [3.63, 3.8) is 0 Å². The molecule has 0 spiro atoms. The van der Waals surface area contributed by atoms with Gasteiger partial charge in [0.15, 0.2) is 9.84 Å². The van der Waals surface area contributed by atoms with E-state index in [0.717, 1.165) is 5.56 Å². The molecule has 0 radical (unpaired) electrons. The molecule has 7 heteroatoms. The second-order valence-corrected chi connectivity index (χ2v) is 8.71. The van der Waals surface area contributed by atoms with Crippen LogP contribution in [0.25, 0.3) is 0 Å². The third-order valence-corrected chi connectivity index (χ3v) is 6.00. The summed E-state index contributed by atoms with van der Waals surface area (Å²) in [5, 5.41) is 5.52. The van der Waals surface area contributed by atoms with Gasteiger partial charge in [0, 0.05) is 22.9 Å². The zero-order valence-corrected chi connectivity index (χ0v) is 15.2. The van der Waals surface area contributed by atoms with Crippen LogP contribution in [0.4, 0.5) is 5.69 Å². The molecule has 2 aromatic carbocycles. The predicted octanol–water partition coefficient (Wildman–Crippen LogP) is 2.16. The van der Waals surface area contributed by atoms with Crippen molar-refractivity contribution < 1.29 is 18.0 Å². The van der Waals surface area contributed by atoms with Crippen LogP contribution in [-0.2, 0) is 9.84 Å². The smallest absolute Gasteiger partial charge is 0.255 e. The zero-order chi connectivity index (χ0) is 18.7. The Kier molecular flexibility index (Phi) is 5.08. The van der Waals surface area contributed by atoms with Crippen LogP contribution in [0.1, 0.15) is 32.7 Å². The van der Waals surface area contributed by atoms with Crippen molar-refractivity contribution in [1.29, 1.82) is 0 Å². The van der Waals surface area contributed by atoms with Crippen LogP contribution in [0.3, 0.4) is 0 Å². The van der Waals surface area contributed by atoms with Crippen LogP contribution in [-0.4, -0.2) is 37.8 Å². The van der Waals surface area contributed by atoms with Gasteiger partial charge in [-0.25, -0.2) is 8.42 Å². The molecule has 26 heavy (non-hydrogen) atoms. The molecule has 2 amide bonds. The van der Waals surface area contributed by atoms with E-state index >= 15 is 0 Å². The van der Waals surface area contributed by atoms with E-state index in [0.29, 0.717) is 23.2 Å². The summed E-state index contributed by atoms with van der Waals surface area (Å²) in [4.78, 5) is 24.8. The maximum Gasteiger partial charge on any atom is 0.255 e. The molecule has 2 N–H and O–H groups in total. The highest BCUT2D eigenvalue weighted by Gasteiger charge is 2.29. The number of hydrogen-bond acceptors (Lipinski definition) is 4. The lowest BCUT2D eigenvalue weighted by molar-refractivity contribution is 0.0941. The third-order valence-electron chi connectivity index (χ3n) is 4.23. The summed E-state index contributed by atoms with van der Waals surface area (Å²) >= 11 is 0. The highest BCUT2D eigenvalue weighted by atomic mass is 32.2. The molecule has 0 aliphatic carbocycles. The van der Waals surface area contributed by atoms with E-state index in [1.54, 1.807) is 24.3 Å². The van der Waals surface area contributed by atoms with Gasteiger partial charge in [0.05, 0.1) is 11.5 Å². The minimum Gasteiger partial charge on any atom is -0.348 e. The molecule has 136 valence electrons. The Bertz CT molecular complexity index is 954. The van der Waals surface area contributed by atoms with Crippen LogP contribution in [0, 0.1) is 6.92 Å². The fourth-order valence-corrected chi connectivity index (χ4v) is 4.58. The number of rotatable bonds is 4. The quantitative estimate of drug-likeness (QED) is 0.860. The summed E-state index contributed by atoms with van der Waals surface area (Å²) in [7, 11) is -3.06. The van der Waals surface area contributed by atoms with Gasteiger partial charge in [0.1, 0.15) is 0 Å². The Labute approximate surface area is 152 Å². The minimum atomic E-state index is -3.06. The van der Waals surface area contributed by atoms with Gasteiger partial charge in [0.2, 0.25) is 0 Å². The molecular weight excluding hydrogens is 352 g/mol. The van der Waals surface area contributed by atoms with Crippen LogP contribution in [0.2, 0.25) is 0 Å². The molecule has 1 atom stereocenters. The van der Waals surface area contributed by atoms with Crippen LogP contribution in [0.5, 0.6) is 0 Å². The first kappa shape index (κ1) is 18.1. The molecule has 3 rings (SSSR count). The molecule has 1 fully saturated rings. The van der Waals surface area contributed by atoms with Crippen molar-refractivity contribution in [3.05, 3.63) is 65.2 Å². The van der Waals surface area contributed by atoms with Crippen LogP contribution < -0.4 is 10.6 Å². The lowest BCUT2D eigenvalue weighted by Gasteiger charge is -2.12. The van der Waals surface area contributed by atoms with Gasteiger partial charge < -0.3 is 10.6 Å². The summed E-state index contributed by atoms with van der Waals surface area (Å²) in [6.45, 7) is 1.93. The Hall–Kier alpha value is -2.67. The standard InChI is InChI=1S/C19H20N2O4S/c1-13-4-2-7-16(10-13)20-18(22)14-5-3-6-15(11-14)19(23)21-17-8-9-26(24,25)12-17/h2-7,10-11,17H,8-9,12H2,1H3,(H,20,22)(H,21,23). The highest BCUT2D eigenvalue weighted by molar-refractivity contribution is 7.91. The number of aryl methyl sites for hydroxylation is 1. The van der Waals surface area contributed by atoms with Crippen LogP contribution >= 0.6 is 0 Å². The van der Waals surface area contributed by atoms with E-state index < -0.39 is 9.84 Å². The fraction of sp³-hybridized carbons (Fsp3) is 0.263. The highest BCUT2D eigenvalue weighted by Crippen LogP contribution is 2.14. The van der Waals surface area contributed by atoms with Gasteiger partial charge in [-0.2, -0.15) is 0 Å². The molecular formula is C19H20N2O4S. The van der Waals surface area contributed by atoms with E-state index in [4.69, 9.17) is 0 Å². The molecule has 1 aliphatic heterocycles. The molecule has 0 aromatic heterocycles. The maximum atomic E-state index is 12.4. The van der Waals surface area contributed by atoms with Crippen molar-refractivity contribution in [2.24, 2.45) is 0 Å². The average molecular weight is 372 g/mol. The second-order valence-electron chi connectivity index (χ2n) is 6.48. The Morgan fingerprint density at radius 1 is 1.00 bits per heavy atom. The van der Waals surface area contributed by atoms with Gasteiger partial charge in [0.25, 0.3) is 11.8 Å². The van der Waals surface area contributed by atoms with E-state index in [-0.39, 0.29) is 29.4 Å². The SMILES string of the molecule is Cc1cccc(NC(=O)c2cccc(C(=O)NC3CCS(=O)(=O)C3)c2)c1. The Morgan fingerprint density at radius 3 is 2.35 bits per heavy atom. The number of carbonyl (C=O) groups is 2. The zero-order valence-electron chi connectivity index (χ0n) is 14.4. The van der Waals surface area contributed by atoms with Gasteiger partial charge >= 0.3 is 0 Å². The molecule has 1 aliphatic rings. The molecule has 0 bridgehead atoms. The van der Waals surface area contributed by atoms with Crippen LogP contribution in [0.15, 0.2) is 48.5 Å². The molecule has 0 saturated carbocycles. The molecule has 6 nitrogen and oxygen atoms in total. The van der Waals surface area contributed by atoms with E-state index in [2.05, 4.69) is 10.6 Å². The van der Waals surface area contributed by atoms with E-state index in [9.17, 15) is 18.0 Å². The normalized spacial score (nSPS) is 18.3. The summed E-state index contributed by atoms with van der Waals surface area (Å²) < 4.78 is 23.0. The van der Waals surface area contributed by atoms with Crippen molar-refractivity contribution in [2.45, 2.75) is 19.4 Å². The monoisotopic (exact) mass is 372 g/mol. The lowest BCUT2D eigenvalue weighted by atomic mass is 10.1. The minimum absolute atomic E-state index is 0.0354.